The van der Waals surface area contributed by atoms with Gasteiger partial charge in [-0.25, -0.2) is 0 Å². The largest absolute Gasteiger partial charge is 0.384 e. The van der Waals surface area contributed by atoms with Gasteiger partial charge in [-0.15, -0.1) is 0 Å². The number of benzene rings is 2. The molecule has 4 rings (SSSR count). The van der Waals surface area contributed by atoms with Crippen LogP contribution in [0.15, 0.2) is 46.6 Å². The Kier molecular flexibility index (Phi) is 6.51. The molecule has 0 aliphatic carbocycles. The average molecular weight is 411 g/mol. The molecule has 0 unspecified atom stereocenters. The second-order valence-electron chi connectivity index (χ2n) is 8.44. The van der Waals surface area contributed by atoms with Crippen LogP contribution in [0.5, 0.6) is 0 Å². The quantitative estimate of drug-likeness (QED) is 0.536. The van der Waals surface area contributed by atoms with Crippen molar-refractivity contribution in [2.24, 2.45) is 16.1 Å². The fourth-order valence-electron chi connectivity index (χ4n) is 4.81. The van der Waals surface area contributed by atoms with Gasteiger partial charge in [-0.1, -0.05) is 24.1 Å². The van der Waals surface area contributed by atoms with E-state index in [1.165, 1.54) is 62.0 Å². The normalized spacial score (nSPS) is 22.6. The average Bonchev–Trinajstić information content (AvgIpc) is 2.74. The van der Waals surface area contributed by atoms with Gasteiger partial charge in [0, 0.05) is 23.3 Å². The Morgan fingerprint density at radius 1 is 1.00 bits per heavy atom. The molecular formula is C24H31ClN4. The molecule has 0 bridgehead atoms. The third-order valence-corrected chi connectivity index (χ3v) is 6.86. The fourth-order valence-corrected chi connectivity index (χ4v) is 5.00. The molecule has 5 heteroatoms. The molecule has 0 radical (unpaired) electrons. The van der Waals surface area contributed by atoms with Crippen LogP contribution in [0.3, 0.4) is 0 Å². The molecule has 29 heavy (non-hydrogen) atoms. The van der Waals surface area contributed by atoms with E-state index in [1.807, 2.05) is 24.3 Å². The number of fused-ring (bicyclic) bond motifs is 1. The first-order valence-corrected chi connectivity index (χ1v) is 11.2. The van der Waals surface area contributed by atoms with E-state index in [9.17, 15) is 0 Å². The van der Waals surface area contributed by atoms with E-state index in [4.69, 9.17) is 11.6 Å². The van der Waals surface area contributed by atoms with Gasteiger partial charge in [-0.05, 0) is 100.0 Å². The molecule has 4 nitrogen and oxygen atoms in total. The van der Waals surface area contributed by atoms with Gasteiger partial charge in [0.05, 0.1) is 11.4 Å². The summed E-state index contributed by atoms with van der Waals surface area (Å²) in [5, 5.41) is 13.2. The summed E-state index contributed by atoms with van der Waals surface area (Å²) < 4.78 is 0. The third kappa shape index (κ3) is 4.81. The number of rotatable bonds is 5. The lowest BCUT2D eigenvalue weighted by Crippen LogP contribution is -2.49. The van der Waals surface area contributed by atoms with Gasteiger partial charge < -0.3 is 10.2 Å². The Balaban J connectivity index is 1.43. The number of nitrogens with zero attached hydrogens (tertiary/aromatic N) is 3. The predicted molar refractivity (Wildman–Crippen MR) is 122 cm³/mol. The minimum absolute atomic E-state index is 0.674. The second-order valence-corrected chi connectivity index (χ2v) is 8.88. The van der Waals surface area contributed by atoms with Gasteiger partial charge in [-0.2, -0.15) is 10.2 Å². The first-order valence-electron chi connectivity index (χ1n) is 10.9. The highest BCUT2D eigenvalue weighted by Gasteiger charge is 2.32. The van der Waals surface area contributed by atoms with E-state index >= 15 is 0 Å². The maximum absolute atomic E-state index is 6.03. The van der Waals surface area contributed by atoms with Crippen LogP contribution in [0.25, 0.3) is 0 Å². The molecule has 0 aromatic heterocycles. The Morgan fingerprint density at radius 3 is 2.72 bits per heavy atom. The summed E-state index contributed by atoms with van der Waals surface area (Å²) in [6, 6.07) is 12.4. The minimum Gasteiger partial charge on any atom is -0.384 e. The van der Waals surface area contributed by atoms with E-state index in [0.717, 1.165) is 29.9 Å². The molecule has 1 N–H and O–H groups in total. The number of hydrogen-bond donors (Lipinski definition) is 1. The first-order chi connectivity index (χ1) is 14.1. The van der Waals surface area contributed by atoms with E-state index in [0.29, 0.717) is 5.02 Å². The summed E-state index contributed by atoms with van der Waals surface area (Å²) in [5.74, 6) is 0.756. The number of hydrogen-bond acceptors (Lipinski definition) is 4. The van der Waals surface area contributed by atoms with Crippen LogP contribution in [0.1, 0.15) is 43.2 Å². The lowest BCUT2D eigenvalue weighted by atomic mass is 9.83. The van der Waals surface area contributed by atoms with Crippen LogP contribution in [0.2, 0.25) is 5.02 Å². The van der Waals surface area contributed by atoms with Crippen molar-refractivity contribution < 1.29 is 0 Å². The van der Waals surface area contributed by atoms with Crippen LogP contribution in [-0.2, 0) is 0 Å². The zero-order chi connectivity index (χ0) is 20.2. The van der Waals surface area contributed by atoms with Gasteiger partial charge >= 0.3 is 0 Å². The summed E-state index contributed by atoms with van der Waals surface area (Å²) in [6.07, 6.45) is 6.82. The SMILES string of the molecule is Cc1c(N=Nc2cccc(Cl)c2)ccc(NC[C@@H]2CCCN3CCCC[C@H]23)c1C. The van der Waals surface area contributed by atoms with Crippen molar-refractivity contribution in [3.05, 3.63) is 52.5 Å². The number of halogens is 1. The zero-order valence-corrected chi connectivity index (χ0v) is 18.3. The van der Waals surface area contributed by atoms with Crippen LogP contribution in [0.4, 0.5) is 17.1 Å². The molecule has 0 saturated carbocycles. The summed E-state index contributed by atoms with van der Waals surface area (Å²) in [7, 11) is 0. The molecule has 154 valence electrons. The second kappa shape index (κ2) is 9.27. The maximum Gasteiger partial charge on any atom is 0.0890 e. The molecule has 2 aromatic rings. The van der Waals surface area contributed by atoms with Crippen LogP contribution < -0.4 is 5.32 Å². The van der Waals surface area contributed by atoms with Crippen molar-refractivity contribution in [2.45, 2.75) is 52.0 Å². The van der Waals surface area contributed by atoms with Crippen molar-refractivity contribution in [1.82, 2.24) is 4.90 Å². The van der Waals surface area contributed by atoms with Crippen molar-refractivity contribution >= 4 is 28.7 Å². The lowest BCUT2D eigenvalue weighted by Gasteiger charge is -2.44. The first kappa shape index (κ1) is 20.4. The highest BCUT2D eigenvalue weighted by molar-refractivity contribution is 6.30. The Morgan fingerprint density at radius 2 is 1.86 bits per heavy atom. The van der Waals surface area contributed by atoms with Crippen molar-refractivity contribution in [3.8, 4) is 0 Å². The number of anilines is 1. The topological polar surface area (TPSA) is 40.0 Å². The predicted octanol–water partition coefficient (Wildman–Crippen LogP) is 7.05. The third-order valence-electron chi connectivity index (χ3n) is 6.62. The van der Waals surface area contributed by atoms with Gasteiger partial charge in [0.25, 0.3) is 0 Å². The molecular weight excluding hydrogens is 380 g/mol. The zero-order valence-electron chi connectivity index (χ0n) is 17.5. The number of piperidine rings is 2. The molecule has 0 spiro atoms. The van der Waals surface area contributed by atoms with Crippen molar-refractivity contribution in [1.29, 1.82) is 0 Å². The number of azo groups is 1. The lowest BCUT2D eigenvalue weighted by molar-refractivity contribution is 0.0649. The molecule has 2 fully saturated rings. The summed E-state index contributed by atoms with van der Waals surface area (Å²) in [5.41, 5.74) is 5.32. The van der Waals surface area contributed by atoms with E-state index in [1.54, 1.807) is 0 Å². The Labute approximate surface area is 179 Å². The van der Waals surface area contributed by atoms with Gasteiger partial charge in [0.2, 0.25) is 0 Å². The highest BCUT2D eigenvalue weighted by atomic mass is 35.5. The molecule has 2 heterocycles. The van der Waals surface area contributed by atoms with Gasteiger partial charge in [-0.3, -0.25) is 0 Å². The number of nitrogens with one attached hydrogen (secondary N) is 1. The molecule has 2 aliphatic rings. The molecule has 2 aliphatic heterocycles. The molecule has 0 amide bonds. The molecule has 2 atom stereocenters. The van der Waals surface area contributed by atoms with E-state index < -0.39 is 0 Å². The summed E-state index contributed by atoms with van der Waals surface area (Å²) in [6.45, 7) is 7.95. The van der Waals surface area contributed by atoms with Crippen LogP contribution >= 0.6 is 11.6 Å². The summed E-state index contributed by atoms with van der Waals surface area (Å²) >= 11 is 6.03. The van der Waals surface area contributed by atoms with Crippen LogP contribution in [-0.4, -0.2) is 30.6 Å². The Hall–Kier alpha value is -1.91. The smallest absolute Gasteiger partial charge is 0.0890 e. The van der Waals surface area contributed by atoms with Crippen molar-refractivity contribution in [3.63, 3.8) is 0 Å². The Bertz CT molecular complexity index is 877. The van der Waals surface area contributed by atoms with Crippen LogP contribution in [0, 0.1) is 19.8 Å². The highest BCUT2D eigenvalue weighted by Crippen LogP contribution is 2.33. The maximum atomic E-state index is 6.03. The monoisotopic (exact) mass is 410 g/mol. The van der Waals surface area contributed by atoms with Gasteiger partial charge in [0.1, 0.15) is 0 Å². The van der Waals surface area contributed by atoms with Crippen molar-refractivity contribution in [2.75, 3.05) is 25.0 Å². The fraction of sp³-hybridized carbons (Fsp3) is 0.500. The standard InChI is InChI=1S/C24H31ClN4/c1-17-18(2)23(28-27-21-9-5-8-20(25)15-21)12-11-22(17)26-16-19-7-6-14-29-13-4-3-10-24(19)29/h5,8-9,11-12,15,19,24,26H,3-4,6-7,10,13-14,16H2,1-2H3/t19-,24+/m0/s1. The molecule has 2 saturated heterocycles. The summed E-state index contributed by atoms with van der Waals surface area (Å²) in [4.78, 5) is 2.73. The van der Waals surface area contributed by atoms with E-state index in [2.05, 4.69) is 46.4 Å². The minimum atomic E-state index is 0.674. The molecule has 2 aromatic carbocycles. The van der Waals surface area contributed by atoms with E-state index in [-0.39, 0.29) is 0 Å². The van der Waals surface area contributed by atoms with Gasteiger partial charge in [0.15, 0.2) is 0 Å².